The Morgan fingerprint density at radius 2 is 2.25 bits per heavy atom. The van der Waals surface area contributed by atoms with E-state index in [0.717, 1.165) is 42.9 Å². The first-order chi connectivity index (χ1) is 11.2. The van der Waals surface area contributed by atoms with E-state index < -0.39 is 0 Å². The number of likely N-dealkylation sites (tertiary alicyclic amines) is 1. The molecule has 0 radical (unpaired) electrons. The van der Waals surface area contributed by atoms with Gasteiger partial charge in [-0.1, -0.05) is 13.3 Å². The van der Waals surface area contributed by atoms with Crippen molar-refractivity contribution in [2.45, 2.75) is 58.5 Å². The number of hydrogen-bond donors (Lipinski definition) is 2. The minimum absolute atomic E-state index is 0. The van der Waals surface area contributed by atoms with Gasteiger partial charge in [-0.05, 0) is 39.2 Å². The maximum absolute atomic E-state index is 4.43. The van der Waals surface area contributed by atoms with Crippen LogP contribution in [-0.2, 0) is 13.0 Å². The summed E-state index contributed by atoms with van der Waals surface area (Å²) in [4.78, 5) is 12.7. The standard InChI is InChI=1S/C17H31N5S.HI/c1-4-15-12-20-16(23-15)13-21-17(18-3)19-9-7-11-22-10-6-5-8-14(22)2;/h12,14H,4-11,13H2,1-3H3,(H2,18,19,21);1H. The zero-order valence-corrected chi connectivity index (χ0v) is 18.3. The van der Waals surface area contributed by atoms with Crippen molar-refractivity contribution in [3.05, 3.63) is 16.1 Å². The number of hydrogen-bond acceptors (Lipinski definition) is 4. The molecule has 2 N–H and O–H groups in total. The number of rotatable bonds is 7. The summed E-state index contributed by atoms with van der Waals surface area (Å²) in [5.74, 6) is 0.866. The molecule has 1 aliphatic rings. The van der Waals surface area contributed by atoms with Crippen molar-refractivity contribution in [1.82, 2.24) is 20.5 Å². The maximum Gasteiger partial charge on any atom is 0.191 e. The molecule has 5 nitrogen and oxygen atoms in total. The van der Waals surface area contributed by atoms with E-state index in [0.29, 0.717) is 0 Å². The summed E-state index contributed by atoms with van der Waals surface area (Å²) in [5, 5.41) is 7.87. The van der Waals surface area contributed by atoms with Crippen LogP contribution in [-0.4, -0.2) is 48.6 Å². The fraction of sp³-hybridized carbons (Fsp3) is 0.765. The van der Waals surface area contributed by atoms with Gasteiger partial charge in [0.1, 0.15) is 5.01 Å². The number of thiazole rings is 1. The van der Waals surface area contributed by atoms with Gasteiger partial charge in [0.05, 0.1) is 6.54 Å². The van der Waals surface area contributed by atoms with E-state index in [9.17, 15) is 0 Å². The van der Waals surface area contributed by atoms with E-state index >= 15 is 0 Å². The molecular formula is C17H32IN5S. The normalized spacial score (nSPS) is 19.0. The van der Waals surface area contributed by atoms with Crippen LogP contribution < -0.4 is 10.6 Å². The molecule has 0 aliphatic carbocycles. The molecule has 0 amide bonds. The van der Waals surface area contributed by atoms with Gasteiger partial charge < -0.3 is 15.5 Å². The van der Waals surface area contributed by atoms with Crippen LogP contribution in [0, 0.1) is 0 Å². The lowest BCUT2D eigenvalue weighted by Gasteiger charge is -2.33. The van der Waals surface area contributed by atoms with Crippen molar-refractivity contribution >= 4 is 41.3 Å². The maximum atomic E-state index is 4.43. The molecule has 0 saturated carbocycles. The van der Waals surface area contributed by atoms with Crippen LogP contribution in [0.5, 0.6) is 0 Å². The van der Waals surface area contributed by atoms with Crippen LogP contribution in [0.3, 0.4) is 0 Å². The molecule has 1 fully saturated rings. The third kappa shape index (κ3) is 7.23. The van der Waals surface area contributed by atoms with Gasteiger partial charge in [0.2, 0.25) is 0 Å². The zero-order chi connectivity index (χ0) is 16.5. The largest absolute Gasteiger partial charge is 0.356 e. The van der Waals surface area contributed by atoms with Crippen LogP contribution in [0.4, 0.5) is 0 Å². The average molecular weight is 465 g/mol. The Kier molecular flexibility index (Phi) is 10.8. The second kappa shape index (κ2) is 12.0. The van der Waals surface area contributed by atoms with Gasteiger partial charge in [-0.2, -0.15) is 0 Å². The summed E-state index contributed by atoms with van der Waals surface area (Å²) in [6, 6.07) is 0.749. The fourth-order valence-corrected chi connectivity index (χ4v) is 3.75. The van der Waals surface area contributed by atoms with E-state index in [2.05, 4.69) is 39.4 Å². The van der Waals surface area contributed by atoms with Crippen molar-refractivity contribution in [1.29, 1.82) is 0 Å². The lowest BCUT2D eigenvalue weighted by Crippen LogP contribution is -2.41. The predicted octanol–water partition coefficient (Wildman–Crippen LogP) is 3.25. The number of nitrogens with zero attached hydrogens (tertiary/aromatic N) is 3. The van der Waals surface area contributed by atoms with Gasteiger partial charge in [0, 0.05) is 37.3 Å². The molecule has 24 heavy (non-hydrogen) atoms. The van der Waals surface area contributed by atoms with Gasteiger partial charge in [0.25, 0.3) is 0 Å². The quantitative estimate of drug-likeness (QED) is 0.281. The van der Waals surface area contributed by atoms with Crippen LogP contribution in [0.25, 0.3) is 0 Å². The van der Waals surface area contributed by atoms with Gasteiger partial charge >= 0.3 is 0 Å². The van der Waals surface area contributed by atoms with Crippen molar-refractivity contribution < 1.29 is 0 Å². The topological polar surface area (TPSA) is 52.6 Å². The molecule has 1 atom stereocenters. The summed E-state index contributed by atoms with van der Waals surface area (Å²) in [6.07, 6.45) is 8.28. The molecule has 1 saturated heterocycles. The number of halogens is 1. The zero-order valence-electron chi connectivity index (χ0n) is 15.2. The summed E-state index contributed by atoms with van der Waals surface area (Å²) in [7, 11) is 1.82. The highest BCUT2D eigenvalue weighted by Crippen LogP contribution is 2.16. The highest BCUT2D eigenvalue weighted by Gasteiger charge is 2.17. The molecule has 0 bridgehead atoms. The SMILES string of the molecule is CCc1cnc(CNC(=NC)NCCCN2CCCCC2C)s1.I. The van der Waals surface area contributed by atoms with Crippen LogP contribution in [0.1, 0.15) is 49.4 Å². The number of piperidine rings is 1. The molecule has 2 heterocycles. The lowest BCUT2D eigenvalue weighted by molar-refractivity contribution is 0.159. The Morgan fingerprint density at radius 1 is 1.42 bits per heavy atom. The van der Waals surface area contributed by atoms with E-state index in [1.54, 1.807) is 11.3 Å². The molecule has 1 aromatic heterocycles. The second-order valence-corrected chi connectivity index (χ2v) is 7.36. The van der Waals surface area contributed by atoms with Gasteiger partial charge in [-0.3, -0.25) is 4.99 Å². The highest BCUT2D eigenvalue weighted by atomic mass is 127. The van der Waals surface area contributed by atoms with Gasteiger partial charge in [0.15, 0.2) is 5.96 Å². The van der Waals surface area contributed by atoms with Crippen molar-refractivity contribution in [2.24, 2.45) is 4.99 Å². The molecule has 0 spiro atoms. The highest BCUT2D eigenvalue weighted by molar-refractivity contribution is 14.0. The predicted molar refractivity (Wildman–Crippen MR) is 115 cm³/mol. The van der Waals surface area contributed by atoms with Crippen LogP contribution in [0.2, 0.25) is 0 Å². The molecule has 2 rings (SSSR count). The third-order valence-corrected chi connectivity index (χ3v) is 5.58. The monoisotopic (exact) mass is 465 g/mol. The molecule has 1 aromatic rings. The second-order valence-electron chi connectivity index (χ2n) is 6.16. The van der Waals surface area contributed by atoms with E-state index in [4.69, 9.17) is 0 Å². The minimum atomic E-state index is 0. The molecule has 1 aliphatic heterocycles. The molecule has 0 aromatic carbocycles. The molecule has 1 unspecified atom stereocenters. The summed E-state index contributed by atoms with van der Waals surface area (Å²) < 4.78 is 0. The van der Waals surface area contributed by atoms with Gasteiger partial charge in [-0.25, -0.2) is 4.98 Å². The number of aliphatic imine (C=N–C) groups is 1. The summed E-state index contributed by atoms with van der Waals surface area (Å²) in [6.45, 7) is 8.66. The fourth-order valence-electron chi connectivity index (χ4n) is 2.95. The smallest absolute Gasteiger partial charge is 0.191 e. The first-order valence-electron chi connectivity index (χ1n) is 8.85. The van der Waals surface area contributed by atoms with Crippen molar-refractivity contribution in [3.63, 3.8) is 0 Å². The number of aryl methyl sites for hydroxylation is 1. The first-order valence-corrected chi connectivity index (χ1v) is 9.66. The number of guanidine groups is 1. The minimum Gasteiger partial charge on any atom is -0.356 e. The Hall–Kier alpha value is -0.410. The number of aromatic nitrogens is 1. The van der Waals surface area contributed by atoms with E-state index in [1.165, 1.54) is 37.2 Å². The van der Waals surface area contributed by atoms with Gasteiger partial charge in [-0.15, -0.1) is 35.3 Å². The lowest BCUT2D eigenvalue weighted by atomic mass is 10.0. The summed E-state index contributed by atoms with van der Waals surface area (Å²) in [5.41, 5.74) is 0. The average Bonchev–Trinajstić information content (AvgIpc) is 3.04. The molecule has 138 valence electrons. The molecule has 7 heteroatoms. The Labute approximate surface area is 167 Å². The van der Waals surface area contributed by atoms with Crippen molar-refractivity contribution in [3.8, 4) is 0 Å². The van der Waals surface area contributed by atoms with Crippen LogP contribution in [0.15, 0.2) is 11.2 Å². The van der Waals surface area contributed by atoms with E-state index in [-0.39, 0.29) is 24.0 Å². The third-order valence-electron chi connectivity index (χ3n) is 4.44. The van der Waals surface area contributed by atoms with E-state index in [1.807, 2.05) is 13.2 Å². The number of nitrogens with one attached hydrogen (secondary N) is 2. The molecular weight excluding hydrogens is 433 g/mol. The Balaban J connectivity index is 0.00000288. The first kappa shape index (κ1) is 21.6. The Morgan fingerprint density at radius 3 is 2.92 bits per heavy atom. The van der Waals surface area contributed by atoms with Crippen molar-refractivity contribution in [2.75, 3.05) is 26.7 Å². The summed E-state index contributed by atoms with van der Waals surface area (Å²) >= 11 is 1.77. The van der Waals surface area contributed by atoms with Crippen LogP contribution >= 0.6 is 35.3 Å². The Bertz CT molecular complexity index is 491.